The molecule has 2 saturated heterocycles. The van der Waals surface area contributed by atoms with E-state index in [1.807, 2.05) is 0 Å². The second kappa shape index (κ2) is 10.6. The largest absolute Gasteiger partial charge is 0.491 e. The van der Waals surface area contributed by atoms with Gasteiger partial charge in [-0.25, -0.2) is 0 Å². The van der Waals surface area contributed by atoms with Crippen LogP contribution in [0.5, 0.6) is 5.75 Å². The molecule has 0 aliphatic carbocycles. The fourth-order valence-electron chi connectivity index (χ4n) is 3.50. The Labute approximate surface area is 191 Å². The molecule has 188 valence electrons. The lowest BCUT2D eigenvalue weighted by molar-refractivity contribution is -0.337. The lowest BCUT2D eigenvalue weighted by Gasteiger charge is -2.45. The summed E-state index contributed by atoms with van der Waals surface area (Å²) in [5, 5.41) is 59.9. The van der Waals surface area contributed by atoms with Gasteiger partial charge >= 0.3 is 6.18 Å². The molecule has 0 aromatic heterocycles. The van der Waals surface area contributed by atoms with Gasteiger partial charge in [0.05, 0.1) is 12.2 Å². The monoisotopic (exact) mass is 502 g/mol. The van der Waals surface area contributed by atoms with Gasteiger partial charge in [-0.2, -0.15) is 13.2 Å². The van der Waals surface area contributed by atoms with Crippen LogP contribution < -0.4 is 4.74 Å². The van der Waals surface area contributed by atoms with E-state index >= 15 is 0 Å². The van der Waals surface area contributed by atoms with Crippen molar-refractivity contribution in [3.8, 4) is 5.75 Å². The van der Waals surface area contributed by atoms with E-state index in [-0.39, 0.29) is 5.75 Å². The highest BCUT2D eigenvalue weighted by atomic mass is 32.1. The Hall–Kier alpha value is -1.20. The van der Waals surface area contributed by atoms with Gasteiger partial charge in [0, 0.05) is 0 Å². The van der Waals surface area contributed by atoms with Crippen LogP contribution in [-0.2, 0) is 20.4 Å². The molecule has 1 aromatic carbocycles. The number of thiol groups is 1. The topological polar surface area (TPSA) is 158 Å². The van der Waals surface area contributed by atoms with Crippen LogP contribution in [0.1, 0.15) is 5.56 Å². The van der Waals surface area contributed by atoms with Gasteiger partial charge in [0.25, 0.3) is 0 Å². The first-order valence-electron chi connectivity index (χ1n) is 9.89. The number of alkyl halides is 3. The van der Waals surface area contributed by atoms with E-state index in [9.17, 15) is 43.8 Å². The van der Waals surface area contributed by atoms with Gasteiger partial charge in [-0.3, -0.25) is 0 Å². The molecule has 0 radical (unpaired) electrons. The Balaban J connectivity index is 1.75. The van der Waals surface area contributed by atoms with Gasteiger partial charge in [0.1, 0.15) is 66.6 Å². The minimum Gasteiger partial charge on any atom is -0.491 e. The standard InChI is InChI=1S/C19H25F3O10S/c20-19(21,22)7-2-1-3-8(4-7)29-6-10-16(13(26)15(28)18(33)31-10)32-17-14(27)12(25)11(24)9(5-23)30-17/h1-4,9-18,23-28,33H,5-6H2/t9-,10-,11-,12+,13-,14-,15-,16-,17+,18+/m1/s1. The molecule has 1 aromatic rings. The first-order chi connectivity index (χ1) is 15.4. The summed E-state index contributed by atoms with van der Waals surface area (Å²) in [5.74, 6) is -0.156. The van der Waals surface area contributed by atoms with Crippen LogP contribution in [0.15, 0.2) is 24.3 Å². The molecule has 0 unspecified atom stereocenters. The second-order valence-corrected chi connectivity index (χ2v) is 8.19. The molecule has 2 fully saturated rings. The van der Waals surface area contributed by atoms with Crippen molar-refractivity contribution in [3.05, 3.63) is 29.8 Å². The molecule has 6 N–H and O–H groups in total. The molecular weight excluding hydrogens is 477 g/mol. The maximum Gasteiger partial charge on any atom is 0.416 e. The van der Waals surface area contributed by atoms with Crippen molar-refractivity contribution in [2.24, 2.45) is 0 Å². The molecule has 2 aliphatic rings. The maximum absolute atomic E-state index is 12.9. The molecule has 10 nitrogen and oxygen atoms in total. The van der Waals surface area contributed by atoms with Crippen molar-refractivity contribution in [2.75, 3.05) is 13.2 Å². The quantitative estimate of drug-likeness (QED) is 0.232. The average molecular weight is 502 g/mol. The number of hydrogen-bond donors (Lipinski definition) is 7. The summed E-state index contributed by atoms with van der Waals surface area (Å²) in [6, 6.07) is 4.04. The normalized spacial score (nSPS) is 39.9. The summed E-state index contributed by atoms with van der Waals surface area (Å²) in [6.45, 7) is -1.18. The predicted octanol–water partition coefficient (Wildman–Crippen LogP) is -1.35. The molecule has 2 aliphatic heterocycles. The summed E-state index contributed by atoms with van der Waals surface area (Å²) in [5.41, 5.74) is -2.15. The highest BCUT2D eigenvalue weighted by Gasteiger charge is 2.50. The van der Waals surface area contributed by atoms with E-state index in [2.05, 4.69) is 12.6 Å². The van der Waals surface area contributed by atoms with Crippen LogP contribution in [0.25, 0.3) is 0 Å². The molecular formula is C19H25F3O10S. The zero-order valence-electron chi connectivity index (χ0n) is 16.9. The van der Waals surface area contributed by atoms with Crippen LogP contribution in [-0.4, -0.2) is 104 Å². The summed E-state index contributed by atoms with van der Waals surface area (Å²) in [7, 11) is 0. The first kappa shape index (κ1) is 26.4. The molecule has 0 bridgehead atoms. The first-order valence-corrected chi connectivity index (χ1v) is 10.4. The van der Waals surface area contributed by atoms with Gasteiger partial charge in [-0.1, -0.05) is 6.07 Å². The minimum atomic E-state index is -4.59. The lowest BCUT2D eigenvalue weighted by atomic mass is 9.97. The lowest BCUT2D eigenvalue weighted by Crippen LogP contribution is -2.64. The molecule has 0 spiro atoms. The number of hydrogen-bond acceptors (Lipinski definition) is 11. The molecule has 3 rings (SSSR count). The van der Waals surface area contributed by atoms with Gasteiger partial charge < -0.3 is 49.6 Å². The molecule has 10 atom stereocenters. The van der Waals surface area contributed by atoms with Crippen molar-refractivity contribution in [2.45, 2.75) is 66.7 Å². The fourth-order valence-corrected chi connectivity index (χ4v) is 3.83. The van der Waals surface area contributed by atoms with Crippen LogP contribution in [0.4, 0.5) is 13.2 Å². The van der Waals surface area contributed by atoms with E-state index in [1.165, 1.54) is 6.07 Å². The number of rotatable bonds is 6. The van der Waals surface area contributed by atoms with Crippen LogP contribution in [0.3, 0.4) is 0 Å². The Morgan fingerprint density at radius 2 is 1.61 bits per heavy atom. The Morgan fingerprint density at radius 3 is 2.24 bits per heavy atom. The third-order valence-corrected chi connectivity index (χ3v) is 5.80. The predicted molar refractivity (Wildman–Crippen MR) is 105 cm³/mol. The minimum absolute atomic E-state index is 0.156. The smallest absolute Gasteiger partial charge is 0.416 e. The molecule has 33 heavy (non-hydrogen) atoms. The summed E-state index contributed by atoms with van der Waals surface area (Å²) in [4.78, 5) is 0. The molecule has 0 saturated carbocycles. The Morgan fingerprint density at radius 1 is 0.909 bits per heavy atom. The third-order valence-electron chi connectivity index (χ3n) is 5.37. The Kier molecular flexibility index (Phi) is 8.48. The van der Waals surface area contributed by atoms with Gasteiger partial charge in [-0.05, 0) is 18.2 Å². The van der Waals surface area contributed by atoms with Crippen molar-refractivity contribution in [3.63, 3.8) is 0 Å². The fraction of sp³-hybridized carbons (Fsp3) is 0.684. The summed E-state index contributed by atoms with van der Waals surface area (Å²) < 4.78 is 60.4. The molecule has 14 heteroatoms. The number of halogens is 3. The van der Waals surface area contributed by atoms with E-state index < -0.39 is 85.5 Å². The van der Waals surface area contributed by atoms with Gasteiger partial charge in [0.15, 0.2) is 6.29 Å². The number of aliphatic hydroxyl groups excluding tert-OH is 6. The van der Waals surface area contributed by atoms with Crippen molar-refractivity contribution in [1.82, 2.24) is 0 Å². The highest BCUT2D eigenvalue weighted by molar-refractivity contribution is 7.80. The number of ether oxygens (including phenoxy) is 4. The van der Waals surface area contributed by atoms with Crippen molar-refractivity contribution >= 4 is 12.6 Å². The molecule has 2 heterocycles. The van der Waals surface area contributed by atoms with Crippen molar-refractivity contribution in [1.29, 1.82) is 0 Å². The van der Waals surface area contributed by atoms with E-state index in [4.69, 9.17) is 18.9 Å². The zero-order valence-corrected chi connectivity index (χ0v) is 17.8. The number of benzene rings is 1. The average Bonchev–Trinajstić information content (AvgIpc) is 2.77. The van der Waals surface area contributed by atoms with Crippen molar-refractivity contribution < 1.29 is 62.8 Å². The zero-order chi connectivity index (χ0) is 24.5. The third kappa shape index (κ3) is 5.90. The van der Waals surface area contributed by atoms with Gasteiger partial charge in [-0.15, -0.1) is 12.6 Å². The second-order valence-electron chi connectivity index (χ2n) is 7.68. The molecule has 0 amide bonds. The van der Waals surface area contributed by atoms with E-state index in [0.29, 0.717) is 0 Å². The van der Waals surface area contributed by atoms with Crippen LogP contribution in [0.2, 0.25) is 0 Å². The Bertz CT molecular complexity index is 784. The van der Waals surface area contributed by atoms with E-state index in [1.54, 1.807) is 0 Å². The summed E-state index contributed by atoms with van der Waals surface area (Å²) in [6.07, 6.45) is -18.7. The highest BCUT2D eigenvalue weighted by Crippen LogP contribution is 2.33. The number of aliphatic hydroxyl groups is 6. The SMILES string of the molecule is OC[C@H]1O[C@@H](O[C@H]2[C@H](O)[C@@H](O)[C@H](S)O[C@@H]2COc2cccc(C(F)(F)F)c2)[C@H](O)[C@@H](O)[C@@H]1O. The maximum atomic E-state index is 12.9. The van der Waals surface area contributed by atoms with Crippen LogP contribution >= 0.6 is 12.6 Å². The van der Waals surface area contributed by atoms with Crippen LogP contribution in [0, 0.1) is 0 Å². The van der Waals surface area contributed by atoms with E-state index in [0.717, 1.165) is 18.2 Å². The van der Waals surface area contributed by atoms with Gasteiger partial charge in [0.2, 0.25) is 0 Å². The summed E-state index contributed by atoms with van der Waals surface area (Å²) >= 11 is 4.01.